The topological polar surface area (TPSA) is 58.4 Å². The van der Waals surface area contributed by atoms with Crippen LogP contribution in [-0.4, -0.2) is 36.5 Å². The van der Waals surface area contributed by atoms with Crippen LogP contribution in [0.15, 0.2) is 30.3 Å². The summed E-state index contributed by atoms with van der Waals surface area (Å²) >= 11 is 0. The molecular formula is C16H27Cl2N3O. The van der Waals surface area contributed by atoms with Crippen molar-refractivity contribution >= 4 is 30.7 Å². The molecule has 1 unspecified atom stereocenters. The SMILES string of the molecule is Cl.Cl.NCCCCNC(=O)C1CCCN1Cc1ccccc1. The zero-order chi connectivity index (χ0) is 14.2. The number of rotatable bonds is 7. The minimum absolute atomic E-state index is 0. The Hall–Kier alpha value is -0.810. The van der Waals surface area contributed by atoms with E-state index in [-0.39, 0.29) is 36.8 Å². The van der Waals surface area contributed by atoms with E-state index in [0.717, 1.165) is 45.3 Å². The molecule has 1 heterocycles. The van der Waals surface area contributed by atoms with Crippen LogP contribution >= 0.6 is 24.8 Å². The highest BCUT2D eigenvalue weighted by Gasteiger charge is 2.30. The first kappa shape index (κ1) is 21.2. The Kier molecular flexibility index (Phi) is 11.3. The molecule has 22 heavy (non-hydrogen) atoms. The Morgan fingerprint density at radius 1 is 1.23 bits per heavy atom. The highest BCUT2D eigenvalue weighted by atomic mass is 35.5. The summed E-state index contributed by atoms with van der Waals surface area (Å²) in [6.45, 7) is 3.31. The molecule has 0 radical (unpaired) electrons. The van der Waals surface area contributed by atoms with E-state index >= 15 is 0 Å². The molecule has 1 amide bonds. The van der Waals surface area contributed by atoms with Crippen LogP contribution in [-0.2, 0) is 11.3 Å². The fourth-order valence-corrected chi connectivity index (χ4v) is 2.73. The minimum atomic E-state index is 0. The van der Waals surface area contributed by atoms with Gasteiger partial charge in [-0.3, -0.25) is 9.69 Å². The van der Waals surface area contributed by atoms with Crippen molar-refractivity contribution in [2.45, 2.75) is 38.3 Å². The molecule has 1 aliphatic rings. The van der Waals surface area contributed by atoms with Crippen molar-refractivity contribution < 1.29 is 4.79 Å². The molecular weight excluding hydrogens is 321 g/mol. The number of nitrogens with one attached hydrogen (secondary N) is 1. The van der Waals surface area contributed by atoms with Crippen LogP contribution in [0.25, 0.3) is 0 Å². The summed E-state index contributed by atoms with van der Waals surface area (Å²) in [6.07, 6.45) is 4.01. The van der Waals surface area contributed by atoms with Gasteiger partial charge < -0.3 is 11.1 Å². The number of amides is 1. The smallest absolute Gasteiger partial charge is 0.237 e. The van der Waals surface area contributed by atoms with Crippen LogP contribution in [0.1, 0.15) is 31.2 Å². The molecule has 0 aliphatic carbocycles. The van der Waals surface area contributed by atoms with E-state index in [4.69, 9.17) is 5.73 Å². The summed E-state index contributed by atoms with van der Waals surface area (Å²) in [4.78, 5) is 14.5. The van der Waals surface area contributed by atoms with E-state index in [1.807, 2.05) is 18.2 Å². The van der Waals surface area contributed by atoms with Gasteiger partial charge in [-0.15, -0.1) is 24.8 Å². The number of nitrogens with two attached hydrogens (primary N) is 1. The fourth-order valence-electron chi connectivity index (χ4n) is 2.73. The lowest BCUT2D eigenvalue weighted by Crippen LogP contribution is -2.43. The van der Waals surface area contributed by atoms with Crippen molar-refractivity contribution in [3.63, 3.8) is 0 Å². The van der Waals surface area contributed by atoms with Gasteiger partial charge in [-0.25, -0.2) is 0 Å². The predicted molar refractivity (Wildman–Crippen MR) is 95.7 cm³/mol. The first-order valence-electron chi connectivity index (χ1n) is 7.57. The molecule has 1 fully saturated rings. The lowest BCUT2D eigenvalue weighted by molar-refractivity contribution is -0.125. The van der Waals surface area contributed by atoms with Gasteiger partial charge in [-0.05, 0) is 44.3 Å². The van der Waals surface area contributed by atoms with Gasteiger partial charge >= 0.3 is 0 Å². The molecule has 1 aliphatic heterocycles. The van der Waals surface area contributed by atoms with Crippen molar-refractivity contribution in [2.75, 3.05) is 19.6 Å². The number of nitrogens with zero attached hydrogens (tertiary/aromatic N) is 1. The van der Waals surface area contributed by atoms with Gasteiger partial charge in [0.2, 0.25) is 5.91 Å². The Morgan fingerprint density at radius 2 is 1.95 bits per heavy atom. The van der Waals surface area contributed by atoms with E-state index in [1.165, 1.54) is 5.56 Å². The standard InChI is InChI=1S/C16H25N3O.2ClH/c17-10-4-5-11-18-16(20)15-9-6-12-19(15)13-14-7-2-1-3-8-14;;/h1-3,7-8,15H,4-6,9-13,17H2,(H,18,20);2*1H. The summed E-state index contributed by atoms with van der Waals surface area (Å²) in [5.74, 6) is 0.176. The second kappa shape index (κ2) is 11.7. The molecule has 0 saturated carbocycles. The second-order valence-electron chi connectivity index (χ2n) is 5.40. The minimum Gasteiger partial charge on any atom is -0.355 e. The van der Waals surface area contributed by atoms with Crippen molar-refractivity contribution in [2.24, 2.45) is 5.73 Å². The molecule has 1 atom stereocenters. The highest BCUT2D eigenvalue weighted by molar-refractivity contribution is 5.85. The van der Waals surface area contributed by atoms with Crippen LogP contribution in [0.2, 0.25) is 0 Å². The quantitative estimate of drug-likeness (QED) is 0.744. The molecule has 0 bridgehead atoms. The van der Waals surface area contributed by atoms with Crippen LogP contribution < -0.4 is 11.1 Å². The summed E-state index contributed by atoms with van der Waals surface area (Å²) in [5.41, 5.74) is 6.73. The lowest BCUT2D eigenvalue weighted by Gasteiger charge is -2.23. The summed E-state index contributed by atoms with van der Waals surface area (Å²) in [7, 11) is 0. The Bertz CT molecular complexity index is 417. The number of halogens is 2. The number of hydrogen-bond donors (Lipinski definition) is 2. The average molecular weight is 348 g/mol. The molecule has 0 aromatic heterocycles. The van der Waals surface area contributed by atoms with Crippen LogP contribution in [0.4, 0.5) is 0 Å². The first-order valence-corrected chi connectivity index (χ1v) is 7.57. The molecule has 6 heteroatoms. The first-order chi connectivity index (χ1) is 9.81. The predicted octanol–water partition coefficient (Wildman–Crippen LogP) is 2.35. The van der Waals surface area contributed by atoms with Gasteiger partial charge in [0.25, 0.3) is 0 Å². The van der Waals surface area contributed by atoms with Crippen molar-refractivity contribution in [1.82, 2.24) is 10.2 Å². The van der Waals surface area contributed by atoms with Crippen LogP contribution in [0.5, 0.6) is 0 Å². The molecule has 3 N–H and O–H groups in total. The van der Waals surface area contributed by atoms with Gasteiger partial charge in [0.1, 0.15) is 0 Å². The summed E-state index contributed by atoms with van der Waals surface area (Å²) in [5, 5.41) is 3.04. The number of hydrogen-bond acceptors (Lipinski definition) is 3. The molecule has 4 nitrogen and oxygen atoms in total. The number of carbonyl (C=O) groups is 1. The van der Waals surface area contributed by atoms with E-state index in [2.05, 4.69) is 22.3 Å². The number of benzene rings is 1. The zero-order valence-electron chi connectivity index (χ0n) is 12.9. The molecule has 1 aromatic carbocycles. The van der Waals surface area contributed by atoms with Crippen molar-refractivity contribution in [3.05, 3.63) is 35.9 Å². The van der Waals surface area contributed by atoms with E-state index < -0.39 is 0 Å². The third-order valence-corrected chi connectivity index (χ3v) is 3.82. The van der Waals surface area contributed by atoms with Gasteiger partial charge in [-0.1, -0.05) is 30.3 Å². The van der Waals surface area contributed by atoms with Gasteiger partial charge in [0, 0.05) is 13.1 Å². The average Bonchev–Trinajstić information content (AvgIpc) is 2.93. The third-order valence-electron chi connectivity index (χ3n) is 3.82. The number of unbranched alkanes of at least 4 members (excludes halogenated alkanes) is 1. The highest BCUT2D eigenvalue weighted by Crippen LogP contribution is 2.20. The van der Waals surface area contributed by atoms with Crippen molar-refractivity contribution in [1.29, 1.82) is 0 Å². The monoisotopic (exact) mass is 347 g/mol. The van der Waals surface area contributed by atoms with Gasteiger partial charge in [0.05, 0.1) is 6.04 Å². The molecule has 1 aromatic rings. The van der Waals surface area contributed by atoms with E-state index in [9.17, 15) is 4.79 Å². The Labute approximate surface area is 145 Å². The number of carbonyl (C=O) groups excluding carboxylic acids is 1. The summed E-state index contributed by atoms with van der Waals surface area (Å²) < 4.78 is 0. The van der Waals surface area contributed by atoms with Crippen LogP contribution in [0, 0.1) is 0 Å². The summed E-state index contributed by atoms with van der Waals surface area (Å²) in [6, 6.07) is 10.4. The molecule has 2 rings (SSSR count). The maximum atomic E-state index is 12.2. The second-order valence-corrected chi connectivity index (χ2v) is 5.40. The van der Waals surface area contributed by atoms with E-state index in [1.54, 1.807) is 0 Å². The molecule has 1 saturated heterocycles. The van der Waals surface area contributed by atoms with Gasteiger partial charge in [0.15, 0.2) is 0 Å². The zero-order valence-corrected chi connectivity index (χ0v) is 14.5. The van der Waals surface area contributed by atoms with E-state index in [0.29, 0.717) is 6.54 Å². The number of likely N-dealkylation sites (tertiary alicyclic amines) is 1. The normalized spacial score (nSPS) is 17.4. The Balaban J connectivity index is 0.00000220. The maximum Gasteiger partial charge on any atom is 0.237 e. The van der Waals surface area contributed by atoms with Gasteiger partial charge in [-0.2, -0.15) is 0 Å². The van der Waals surface area contributed by atoms with Crippen molar-refractivity contribution in [3.8, 4) is 0 Å². The molecule has 0 spiro atoms. The molecule has 126 valence electrons. The maximum absolute atomic E-state index is 12.2. The lowest BCUT2D eigenvalue weighted by atomic mass is 10.1. The van der Waals surface area contributed by atoms with Crippen LogP contribution in [0.3, 0.4) is 0 Å². The fraction of sp³-hybridized carbons (Fsp3) is 0.562. The Morgan fingerprint density at radius 3 is 2.64 bits per heavy atom. The largest absolute Gasteiger partial charge is 0.355 e. The third kappa shape index (κ3) is 6.53.